The number of anilines is 1. The van der Waals surface area contributed by atoms with Crippen molar-refractivity contribution in [1.29, 1.82) is 0 Å². The van der Waals surface area contributed by atoms with E-state index >= 15 is 0 Å². The minimum Gasteiger partial charge on any atom is -0.357 e. The van der Waals surface area contributed by atoms with Crippen LogP contribution in [0.3, 0.4) is 0 Å². The van der Waals surface area contributed by atoms with Gasteiger partial charge in [-0.1, -0.05) is 26.8 Å². The highest BCUT2D eigenvalue weighted by atomic mass is 15.2. The first-order chi connectivity index (χ1) is 8.31. The van der Waals surface area contributed by atoms with Crippen LogP contribution in [0.5, 0.6) is 0 Å². The third kappa shape index (κ3) is 4.73. The van der Waals surface area contributed by atoms with Gasteiger partial charge in [-0.15, -0.1) is 0 Å². The average Bonchev–Trinajstić information content (AvgIpc) is 2.36. The van der Waals surface area contributed by atoms with Crippen molar-refractivity contribution in [1.82, 2.24) is 10.3 Å². The summed E-state index contributed by atoms with van der Waals surface area (Å²) in [7, 11) is 0. The van der Waals surface area contributed by atoms with Gasteiger partial charge in [-0.25, -0.2) is 4.98 Å². The summed E-state index contributed by atoms with van der Waals surface area (Å²) in [5, 5.41) is 3.31. The quantitative estimate of drug-likeness (QED) is 0.751. The Balaban J connectivity index is 2.72. The first kappa shape index (κ1) is 14.0. The Kier molecular flexibility index (Phi) is 6.63. The van der Waals surface area contributed by atoms with Crippen LogP contribution in [0.15, 0.2) is 18.2 Å². The molecule has 3 nitrogen and oxygen atoms in total. The van der Waals surface area contributed by atoms with E-state index in [0.717, 1.165) is 37.7 Å². The minimum atomic E-state index is 0.858. The summed E-state index contributed by atoms with van der Waals surface area (Å²) in [6.07, 6.45) is 2.33. The van der Waals surface area contributed by atoms with Crippen molar-refractivity contribution in [2.24, 2.45) is 0 Å². The highest BCUT2D eigenvalue weighted by Crippen LogP contribution is 2.12. The maximum absolute atomic E-state index is 4.71. The Morgan fingerprint density at radius 2 is 1.82 bits per heavy atom. The van der Waals surface area contributed by atoms with Gasteiger partial charge in [-0.3, -0.25) is 0 Å². The molecular weight excluding hydrogens is 210 g/mol. The second kappa shape index (κ2) is 8.07. The molecule has 1 aromatic heterocycles. The van der Waals surface area contributed by atoms with E-state index in [1.165, 1.54) is 12.8 Å². The van der Waals surface area contributed by atoms with E-state index in [9.17, 15) is 0 Å². The van der Waals surface area contributed by atoms with Crippen LogP contribution in [-0.4, -0.2) is 24.6 Å². The smallest absolute Gasteiger partial charge is 0.128 e. The number of rotatable bonds is 8. The molecule has 17 heavy (non-hydrogen) atoms. The van der Waals surface area contributed by atoms with E-state index in [2.05, 4.69) is 49.2 Å². The summed E-state index contributed by atoms with van der Waals surface area (Å²) in [5.74, 6) is 1.11. The van der Waals surface area contributed by atoms with Crippen LogP contribution < -0.4 is 10.2 Å². The summed E-state index contributed by atoms with van der Waals surface area (Å²) in [4.78, 5) is 7.08. The Morgan fingerprint density at radius 1 is 1.12 bits per heavy atom. The summed E-state index contributed by atoms with van der Waals surface area (Å²) < 4.78 is 0. The molecule has 0 saturated heterocycles. The predicted molar refractivity (Wildman–Crippen MR) is 74.4 cm³/mol. The van der Waals surface area contributed by atoms with E-state index in [0.29, 0.717) is 0 Å². The lowest BCUT2D eigenvalue weighted by atomic mass is 10.3. The van der Waals surface area contributed by atoms with Gasteiger partial charge in [0.05, 0.1) is 5.69 Å². The van der Waals surface area contributed by atoms with Crippen molar-refractivity contribution < 1.29 is 0 Å². The van der Waals surface area contributed by atoms with Gasteiger partial charge >= 0.3 is 0 Å². The number of aromatic nitrogens is 1. The molecule has 0 atom stereocenters. The normalized spacial score (nSPS) is 10.5. The monoisotopic (exact) mass is 235 g/mol. The fraction of sp³-hybridized carbons (Fsp3) is 0.643. The third-order valence-corrected chi connectivity index (χ3v) is 2.66. The molecule has 1 heterocycles. The second-order valence-corrected chi connectivity index (χ2v) is 4.25. The lowest BCUT2D eigenvalue weighted by molar-refractivity contribution is 0.698. The van der Waals surface area contributed by atoms with Crippen molar-refractivity contribution in [2.75, 3.05) is 24.5 Å². The van der Waals surface area contributed by atoms with Crippen LogP contribution in [0.4, 0.5) is 5.82 Å². The van der Waals surface area contributed by atoms with Gasteiger partial charge in [0.1, 0.15) is 5.82 Å². The number of nitrogens with one attached hydrogen (secondary N) is 1. The molecular formula is C14H25N3. The van der Waals surface area contributed by atoms with E-state index < -0.39 is 0 Å². The fourth-order valence-electron chi connectivity index (χ4n) is 1.88. The van der Waals surface area contributed by atoms with E-state index in [-0.39, 0.29) is 0 Å². The van der Waals surface area contributed by atoms with Gasteiger partial charge in [-0.05, 0) is 31.5 Å². The maximum Gasteiger partial charge on any atom is 0.128 e. The van der Waals surface area contributed by atoms with Crippen molar-refractivity contribution in [3.05, 3.63) is 23.9 Å². The van der Waals surface area contributed by atoms with Gasteiger partial charge in [0.15, 0.2) is 0 Å². The number of nitrogens with zero attached hydrogens (tertiary/aromatic N) is 2. The Hall–Kier alpha value is -1.09. The summed E-state index contributed by atoms with van der Waals surface area (Å²) >= 11 is 0. The minimum absolute atomic E-state index is 0.858. The highest BCUT2D eigenvalue weighted by Gasteiger charge is 2.06. The molecule has 0 spiro atoms. The molecule has 0 unspecified atom stereocenters. The molecule has 3 heteroatoms. The SMILES string of the molecule is CCCN(CCC)c1cccc(CNCC)n1. The van der Waals surface area contributed by atoms with Crippen LogP contribution in [0.2, 0.25) is 0 Å². The van der Waals surface area contributed by atoms with Gasteiger partial charge in [0.2, 0.25) is 0 Å². The van der Waals surface area contributed by atoms with Crippen LogP contribution in [0.1, 0.15) is 39.3 Å². The molecule has 96 valence electrons. The molecule has 0 aromatic carbocycles. The lowest BCUT2D eigenvalue weighted by Crippen LogP contribution is -2.26. The van der Waals surface area contributed by atoms with Crippen molar-refractivity contribution in [2.45, 2.75) is 40.2 Å². The van der Waals surface area contributed by atoms with E-state index in [1.54, 1.807) is 0 Å². The molecule has 1 aromatic rings. The van der Waals surface area contributed by atoms with Crippen molar-refractivity contribution in [3.8, 4) is 0 Å². The zero-order valence-electron chi connectivity index (χ0n) is 11.4. The maximum atomic E-state index is 4.71. The van der Waals surface area contributed by atoms with Gasteiger partial charge in [-0.2, -0.15) is 0 Å². The van der Waals surface area contributed by atoms with Crippen LogP contribution in [0, 0.1) is 0 Å². The Morgan fingerprint density at radius 3 is 2.41 bits per heavy atom. The van der Waals surface area contributed by atoms with Crippen molar-refractivity contribution >= 4 is 5.82 Å². The average molecular weight is 235 g/mol. The molecule has 0 radical (unpaired) electrons. The predicted octanol–water partition coefficient (Wildman–Crippen LogP) is 2.82. The molecule has 0 fully saturated rings. The summed E-state index contributed by atoms with van der Waals surface area (Å²) in [6, 6.07) is 6.30. The highest BCUT2D eigenvalue weighted by molar-refractivity contribution is 5.39. The topological polar surface area (TPSA) is 28.2 Å². The molecule has 0 amide bonds. The molecule has 0 aliphatic heterocycles. The molecule has 1 N–H and O–H groups in total. The standard InChI is InChI=1S/C14H25N3/c1-4-10-17(11-5-2)14-9-7-8-13(16-14)12-15-6-3/h7-9,15H,4-6,10-12H2,1-3H3. The number of hydrogen-bond acceptors (Lipinski definition) is 3. The first-order valence-electron chi connectivity index (χ1n) is 6.73. The largest absolute Gasteiger partial charge is 0.357 e. The number of hydrogen-bond donors (Lipinski definition) is 1. The van der Waals surface area contributed by atoms with Crippen LogP contribution in [-0.2, 0) is 6.54 Å². The van der Waals surface area contributed by atoms with Crippen LogP contribution >= 0.6 is 0 Å². The molecule has 0 aliphatic rings. The van der Waals surface area contributed by atoms with E-state index in [4.69, 9.17) is 4.98 Å². The van der Waals surface area contributed by atoms with Gasteiger partial charge in [0, 0.05) is 19.6 Å². The summed E-state index contributed by atoms with van der Waals surface area (Å²) in [6.45, 7) is 10.6. The molecule has 0 saturated carbocycles. The van der Waals surface area contributed by atoms with Gasteiger partial charge < -0.3 is 10.2 Å². The third-order valence-electron chi connectivity index (χ3n) is 2.66. The zero-order valence-corrected chi connectivity index (χ0v) is 11.4. The van der Waals surface area contributed by atoms with E-state index in [1.807, 2.05) is 0 Å². The zero-order chi connectivity index (χ0) is 12.5. The lowest BCUT2D eigenvalue weighted by Gasteiger charge is -2.23. The van der Waals surface area contributed by atoms with Gasteiger partial charge in [0.25, 0.3) is 0 Å². The second-order valence-electron chi connectivity index (χ2n) is 4.25. The molecule has 0 aliphatic carbocycles. The fourth-order valence-corrected chi connectivity index (χ4v) is 1.88. The van der Waals surface area contributed by atoms with Crippen LogP contribution in [0.25, 0.3) is 0 Å². The summed E-state index contributed by atoms with van der Waals surface area (Å²) in [5.41, 5.74) is 1.13. The molecule has 0 bridgehead atoms. The van der Waals surface area contributed by atoms with Crippen molar-refractivity contribution in [3.63, 3.8) is 0 Å². The Bertz CT molecular complexity index is 306. The molecule has 1 rings (SSSR count). The Labute approximate surface area is 105 Å². The number of pyridine rings is 1. The first-order valence-corrected chi connectivity index (χ1v) is 6.73.